The molecule has 2 aromatic carbocycles. The number of hydroxylamine groups is 1. The summed E-state index contributed by atoms with van der Waals surface area (Å²) in [6.45, 7) is 2.04. The Labute approximate surface area is 192 Å². The van der Waals surface area contributed by atoms with Crippen LogP contribution in [-0.4, -0.2) is 46.6 Å². The predicted molar refractivity (Wildman–Crippen MR) is 121 cm³/mol. The average molecular weight is 471 g/mol. The van der Waals surface area contributed by atoms with Crippen molar-refractivity contribution in [1.82, 2.24) is 20.0 Å². The number of sulfonamides is 1. The van der Waals surface area contributed by atoms with Crippen LogP contribution in [0.1, 0.15) is 26.2 Å². The highest BCUT2D eigenvalue weighted by Gasteiger charge is 2.40. The number of hydrogen-bond acceptors (Lipinski definition) is 6. The van der Waals surface area contributed by atoms with Crippen molar-refractivity contribution in [1.29, 1.82) is 0 Å². The quantitative estimate of drug-likeness (QED) is 0.374. The third-order valence-corrected chi connectivity index (χ3v) is 7.74. The molecule has 3 aromatic rings. The van der Waals surface area contributed by atoms with Crippen LogP contribution in [0.25, 0.3) is 11.3 Å². The van der Waals surface area contributed by atoms with Gasteiger partial charge in [0.25, 0.3) is 5.91 Å². The fourth-order valence-electron chi connectivity index (χ4n) is 4.11. The zero-order chi connectivity index (χ0) is 23.4. The lowest BCUT2D eigenvalue weighted by Crippen LogP contribution is -2.51. The maximum atomic E-state index is 13.4. The van der Waals surface area contributed by atoms with Gasteiger partial charge in [-0.2, -0.15) is 9.40 Å². The minimum absolute atomic E-state index is 0.0642. The number of ether oxygens (including phenoxy) is 1. The van der Waals surface area contributed by atoms with Crippen LogP contribution in [0.4, 0.5) is 0 Å². The summed E-state index contributed by atoms with van der Waals surface area (Å²) in [6, 6.07) is 14.4. The monoisotopic (exact) mass is 470 g/mol. The van der Waals surface area contributed by atoms with Gasteiger partial charge in [0.2, 0.25) is 10.0 Å². The van der Waals surface area contributed by atoms with E-state index in [-0.39, 0.29) is 17.4 Å². The minimum atomic E-state index is -3.95. The Kier molecular flexibility index (Phi) is 6.77. The molecule has 2 heterocycles. The fourth-order valence-corrected chi connectivity index (χ4v) is 5.83. The van der Waals surface area contributed by atoms with Crippen molar-refractivity contribution in [3.05, 3.63) is 60.8 Å². The molecule has 33 heavy (non-hydrogen) atoms. The lowest BCUT2D eigenvalue weighted by Gasteiger charge is -2.30. The third kappa shape index (κ3) is 4.92. The summed E-state index contributed by atoms with van der Waals surface area (Å²) in [5.74, 6) is 0.153. The number of rotatable bonds is 6. The van der Waals surface area contributed by atoms with Crippen LogP contribution in [0, 0.1) is 5.92 Å². The Balaban J connectivity index is 1.52. The molecular weight excluding hydrogens is 444 g/mol. The molecule has 0 saturated carbocycles. The van der Waals surface area contributed by atoms with E-state index in [9.17, 15) is 13.2 Å². The number of hydrogen-bond donors (Lipinski definition) is 3. The number of nitrogens with zero attached hydrogens (tertiary/aromatic N) is 2. The fraction of sp³-hybridized carbons (Fsp3) is 0.304. The Bertz CT molecular complexity index is 1180. The lowest BCUT2D eigenvalue weighted by molar-refractivity contribution is -0.134. The SMILES string of the molecule is CC1CCCCN(S(=O)(=O)c2ccc(Oc3ccc(-c4ccn[nH]4)cc3)cc2)[C@@H]1C(=O)NO. The van der Waals surface area contributed by atoms with Crippen LogP contribution >= 0.6 is 0 Å². The smallest absolute Gasteiger partial charge is 0.262 e. The van der Waals surface area contributed by atoms with E-state index in [1.807, 2.05) is 37.3 Å². The zero-order valence-electron chi connectivity index (χ0n) is 18.1. The van der Waals surface area contributed by atoms with Gasteiger partial charge in [0.05, 0.1) is 10.6 Å². The molecule has 0 spiro atoms. The van der Waals surface area contributed by atoms with E-state index in [1.165, 1.54) is 16.4 Å². The maximum absolute atomic E-state index is 13.4. The second-order valence-corrected chi connectivity index (χ2v) is 9.97. The number of carbonyl (C=O) groups excluding carboxylic acids is 1. The first-order chi connectivity index (χ1) is 15.9. The van der Waals surface area contributed by atoms with Crippen molar-refractivity contribution in [2.45, 2.75) is 37.1 Å². The largest absolute Gasteiger partial charge is 0.457 e. The first kappa shape index (κ1) is 23.0. The van der Waals surface area contributed by atoms with Gasteiger partial charge in [-0.15, -0.1) is 0 Å². The maximum Gasteiger partial charge on any atom is 0.262 e. The second kappa shape index (κ2) is 9.74. The van der Waals surface area contributed by atoms with Crippen LogP contribution in [0.5, 0.6) is 11.5 Å². The summed E-state index contributed by atoms with van der Waals surface area (Å²) < 4.78 is 33.7. The van der Waals surface area contributed by atoms with Gasteiger partial charge >= 0.3 is 0 Å². The van der Waals surface area contributed by atoms with Gasteiger partial charge in [-0.05, 0) is 78.9 Å². The summed E-state index contributed by atoms with van der Waals surface area (Å²) in [7, 11) is -3.95. The van der Waals surface area contributed by atoms with Gasteiger partial charge in [-0.25, -0.2) is 13.9 Å². The molecule has 2 atom stereocenters. The normalized spacial score (nSPS) is 19.6. The standard InChI is InChI=1S/C23H26N4O5S/c1-16-4-2-3-15-27(22(16)23(28)26-29)33(30,31)20-11-9-19(10-12-20)32-18-7-5-17(6-8-18)21-13-14-24-25-21/h5-14,16,22,29H,2-4,15H2,1H3,(H,24,25)(H,26,28)/t16?,22-/m0/s1. The average Bonchev–Trinajstić information content (AvgIpc) is 3.29. The molecule has 10 heteroatoms. The van der Waals surface area contributed by atoms with Crippen molar-refractivity contribution in [2.24, 2.45) is 5.92 Å². The van der Waals surface area contributed by atoms with Crippen LogP contribution in [0.3, 0.4) is 0 Å². The molecule has 3 N–H and O–H groups in total. The summed E-state index contributed by atoms with van der Waals surface area (Å²) in [6.07, 6.45) is 3.85. The van der Waals surface area contributed by atoms with Gasteiger partial charge in [-0.3, -0.25) is 15.1 Å². The predicted octanol–water partition coefficient (Wildman–Crippen LogP) is 3.55. The van der Waals surface area contributed by atoms with Gasteiger partial charge < -0.3 is 4.74 Å². The highest BCUT2D eigenvalue weighted by atomic mass is 32.2. The highest BCUT2D eigenvalue weighted by molar-refractivity contribution is 7.89. The van der Waals surface area contributed by atoms with Crippen molar-refractivity contribution in [3.8, 4) is 22.8 Å². The van der Waals surface area contributed by atoms with Crippen molar-refractivity contribution in [2.75, 3.05) is 6.54 Å². The summed E-state index contributed by atoms with van der Waals surface area (Å²) >= 11 is 0. The van der Waals surface area contributed by atoms with Crippen molar-refractivity contribution < 1.29 is 23.2 Å². The lowest BCUT2D eigenvalue weighted by atomic mass is 9.97. The van der Waals surface area contributed by atoms with Crippen molar-refractivity contribution >= 4 is 15.9 Å². The third-order valence-electron chi connectivity index (χ3n) is 5.85. The molecule has 1 saturated heterocycles. The molecule has 9 nitrogen and oxygen atoms in total. The molecule has 174 valence electrons. The van der Waals surface area contributed by atoms with E-state index < -0.39 is 22.0 Å². The molecular formula is C23H26N4O5S. The molecule has 4 rings (SSSR count). The van der Waals surface area contributed by atoms with E-state index in [2.05, 4.69) is 10.2 Å². The van der Waals surface area contributed by atoms with Gasteiger partial charge in [-0.1, -0.05) is 13.3 Å². The molecule has 1 amide bonds. The Morgan fingerprint density at radius 2 is 1.76 bits per heavy atom. The molecule has 0 aliphatic carbocycles. The highest BCUT2D eigenvalue weighted by Crippen LogP contribution is 2.30. The summed E-state index contributed by atoms with van der Waals surface area (Å²) in [5, 5.41) is 16.0. The number of aromatic nitrogens is 2. The first-order valence-electron chi connectivity index (χ1n) is 10.7. The van der Waals surface area contributed by atoms with Crippen molar-refractivity contribution in [3.63, 3.8) is 0 Å². The van der Waals surface area contributed by atoms with Crippen LogP contribution < -0.4 is 10.2 Å². The Hall–Kier alpha value is -3.21. The number of carbonyl (C=O) groups is 1. The molecule has 0 bridgehead atoms. The van der Waals surface area contributed by atoms with E-state index in [0.717, 1.165) is 17.7 Å². The number of H-pyrrole nitrogens is 1. The number of nitrogens with one attached hydrogen (secondary N) is 2. The first-order valence-corrected chi connectivity index (χ1v) is 12.2. The molecule has 1 aromatic heterocycles. The van der Waals surface area contributed by atoms with E-state index in [1.54, 1.807) is 23.8 Å². The van der Waals surface area contributed by atoms with E-state index >= 15 is 0 Å². The van der Waals surface area contributed by atoms with Crippen LogP contribution in [-0.2, 0) is 14.8 Å². The Morgan fingerprint density at radius 3 is 2.36 bits per heavy atom. The minimum Gasteiger partial charge on any atom is -0.457 e. The molecule has 1 fully saturated rings. The van der Waals surface area contributed by atoms with E-state index in [0.29, 0.717) is 24.3 Å². The molecule has 0 radical (unpaired) electrons. The van der Waals surface area contributed by atoms with Gasteiger partial charge in [0.1, 0.15) is 17.5 Å². The molecule has 1 aliphatic rings. The zero-order valence-corrected chi connectivity index (χ0v) is 19.0. The number of benzene rings is 2. The Morgan fingerprint density at radius 1 is 1.09 bits per heavy atom. The number of amides is 1. The summed E-state index contributed by atoms with van der Waals surface area (Å²) in [5.41, 5.74) is 3.49. The van der Waals surface area contributed by atoms with Crippen LogP contribution in [0.2, 0.25) is 0 Å². The number of aromatic amines is 1. The van der Waals surface area contributed by atoms with Crippen LogP contribution in [0.15, 0.2) is 65.7 Å². The molecule has 1 aliphatic heterocycles. The van der Waals surface area contributed by atoms with E-state index in [4.69, 9.17) is 9.94 Å². The summed E-state index contributed by atoms with van der Waals surface area (Å²) in [4.78, 5) is 12.3. The second-order valence-electron chi connectivity index (χ2n) is 8.08. The molecule has 1 unspecified atom stereocenters. The van der Waals surface area contributed by atoms with Gasteiger partial charge in [0.15, 0.2) is 0 Å². The topological polar surface area (TPSA) is 125 Å². The van der Waals surface area contributed by atoms with Gasteiger partial charge in [0, 0.05) is 12.7 Å².